The number of halogens is 4. The molecule has 4 aromatic carbocycles. The molecule has 0 N–H and O–H groups in total. The Balaban J connectivity index is 0.000000585. The maximum Gasteiger partial charge on any atom is 0.308 e. The van der Waals surface area contributed by atoms with Crippen molar-refractivity contribution in [2.75, 3.05) is 7.11 Å². The average Bonchev–Trinajstić information content (AvgIpc) is 3.17. The van der Waals surface area contributed by atoms with Crippen LogP contribution in [0.25, 0.3) is 10.8 Å². The molecule has 1 aliphatic rings. The zero-order chi connectivity index (χ0) is 28.4. The van der Waals surface area contributed by atoms with Gasteiger partial charge in [0.25, 0.3) is 0 Å². The van der Waals surface area contributed by atoms with E-state index in [2.05, 4.69) is 16.9 Å². The average molecular weight is 674 g/mol. The Hall–Kier alpha value is -2.40. The predicted molar refractivity (Wildman–Crippen MR) is 172 cm³/mol. The molecule has 0 saturated carbocycles. The van der Waals surface area contributed by atoms with Crippen molar-refractivity contribution in [3.05, 3.63) is 110 Å². The molecule has 0 bridgehead atoms. The molecule has 5 rings (SSSR count). The largest absolute Gasteiger partial charge is 0.469 e. The first-order chi connectivity index (χ1) is 18.5. The van der Waals surface area contributed by atoms with Crippen LogP contribution >= 0.6 is 46.4 Å². The van der Waals surface area contributed by atoms with Crippen LogP contribution in [0.1, 0.15) is 36.1 Å². The summed E-state index contributed by atoms with van der Waals surface area (Å²) in [7, 11) is 1.39. The molecule has 41 heavy (non-hydrogen) atoms. The molecular formula is C32H29Cl4N2NiO2-. The van der Waals surface area contributed by atoms with E-state index in [1.54, 1.807) is 13.8 Å². The third-order valence-corrected chi connectivity index (χ3v) is 7.23. The number of nitrogens with zero attached hydrogens (tertiary/aromatic N) is 2. The Bertz CT molecular complexity index is 1510. The van der Waals surface area contributed by atoms with Crippen molar-refractivity contribution in [2.24, 2.45) is 15.9 Å². The topological polar surface area (TPSA) is 51.0 Å². The smallest absolute Gasteiger partial charge is 0.308 e. The summed E-state index contributed by atoms with van der Waals surface area (Å²) >= 11 is 26.1. The van der Waals surface area contributed by atoms with E-state index in [9.17, 15) is 4.79 Å². The van der Waals surface area contributed by atoms with E-state index in [4.69, 9.17) is 56.4 Å². The van der Waals surface area contributed by atoms with Gasteiger partial charge in [-0.1, -0.05) is 96.6 Å². The number of aryl methyl sites for hydroxylation is 2. The molecule has 0 heterocycles. The molecule has 0 unspecified atom stereocenters. The molecule has 0 aliphatic heterocycles. The summed E-state index contributed by atoms with van der Waals surface area (Å²) < 4.78 is 4.37. The second kappa shape index (κ2) is 14.7. The monoisotopic (exact) mass is 671 g/mol. The Morgan fingerprint density at radius 2 is 1.10 bits per heavy atom. The fourth-order valence-electron chi connectivity index (χ4n) is 4.27. The zero-order valence-corrected chi connectivity index (χ0v) is 27.4. The molecule has 4 nitrogen and oxygen atoms in total. The maximum atomic E-state index is 10.3. The molecule has 0 atom stereocenters. The fraction of sp³-hybridized carbons (Fsp3) is 0.188. The van der Waals surface area contributed by atoms with Crippen LogP contribution in [-0.4, -0.2) is 24.5 Å². The van der Waals surface area contributed by atoms with Crippen molar-refractivity contribution >= 4 is 85.9 Å². The normalized spacial score (nSPS) is 13.5. The van der Waals surface area contributed by atoms with E-state index in [0.29, 0.717) is 42.9 Å². The van der Waals surface area contributed by atoms with E-state index in [0.717, 1.165) is 33.0 Å². The van der Waals surface area contributed by atoms with Gasteiger partial charge in [0.1, 0.15) is 11.4 Å². The van der Waals surface area contributed by atoms with Crippen LogP contribution in [0.2, 0.25) is 20.1 Å². The molecule has 9 heteroatoms. The van der Waals surface area contributed by atoms with Gasteiger partial charge in [0.2, 0.25) is 0 Å². The minimum Gasteiger partial charge on any atom is -0.469 e. The third-order valence-electron chi connectivity index (χ3n) is 6.08. The molecule has 0 radical (unpaired) electrons. The van der Waals surface area contributed by atoms with E-state index in [-0.39, 0.29) is 35.8 Å². The number of benzene rings is 4. The molecule has 4 aromatic rings. The number of hydrogen-bond acceptors (Lipinski definition) is 4. The van der Waals surface area contributed by atoms with Gasteiger partial charge in [0.15, 0.2) is 0 Å². The first-order valence-corrected chi connectivity index (χ1v) is 13.7. The third kappa shape index (κ3) is 7.52. The van der Waals surface area contributed by atoms with E-state index in [1.807, 2.05) is 62.4 Å². The van der Waals surface area contributed by atoms with Gasteiger partial charge in [-0.05, 0) is 54.6 Å². The summed E-state index contributed by atoms with van der Waals surface area (Å²) in [6.45, 7) is 7.47. The molecule has 0 aromatic heterocycles. The van der Waals surface area contributed by atoms with Crippen molar-refractivity contribution < 1.29 is 26.0 Å². The van der Waals surface area contributed by atoms with Crippen LogP contribution in [-0.2, 0) is 26.0 Å². The summed E-state index contributed by atoms with van der Waals surface area (Å²) in [6, 6.07) is 19.6. The molecular weight excluding hydrogens is 645 g/mol. The Labute approximate surface area is 271 Å². The molecule has 1 aliphatic carbocycles. The minimum atomic E-state index is -0.153. The Morgan fingerprint density at radius 1 is 0.732 bits per heavy atom. The number of carbonyl (C=O) groups excluding carboxylic acids is 1. The van der Waals surface area contributed by atoms with Crippen LogP contribution in [0.15, 0.2) is 70.6 Å². The van der Waals surface area contributed by atoms with Crippen LogP contribution in [0.4, 0.5) is 11.4 Å². The van der Waals surface area contributed by atoms with Gasteiger partial charge in [0.05, 0.1) is 44.5 Å². The molecule has 0 amide bonds. The van der Waals surface area contributed by atoms with Gasteiger partial charge < -0.3 is 12.2 Å². The first-order valence-electron chi connectivity index (χ1n) is 12.2. The maximum absolute atomic E-state index is 10.3. The number of esters is 1. The summed E-state index contributed by atoms with van der Waals surface area (Å²) in [5.74, 6) is -0.148. The van der Waals surface area contributed by atoms with Crippen molar-refractivity contribution in [3.8, 4) is 0 Å². The van der Waals surface area contributed by atoms with Gasteiger partial charge in [-0.3, -0.25) is 4.79 Å². The number of carbonyl (C=O) groups is 1. The molecule has 0 saturated heterocycles. The fourth-order valence-corrected chi connectivity index (χ4v) is 5.64. The summed E-state index contributed by atoms with van der Waals surface area (Å²) in [4.78, 5) is 20.1. The summed E-state index contributed by atoms with van der Waals surface area (Å²) in [6.07, 6.45) is 0. The van der Waals surface area contributed by atoms with Crippen molar-refractivity contribution in [2.45, 2.75) is 27.7 Å². The Kier molecular flexibility index (Phi) is 12.5. The van der Waals surface area contributed by atoms with Gasteiger partial charge in [-0.25, -0.2) is 9.98 Å². The van der Waals surface area contributed by atoms with Gasteiger partial charge in [-0.15, -0.1) is 0 Å². The van der Waals surface area contributed by atoms with Crippen molar-refractivity contribution in [1.82, 2.24) is 0 Å². The molecule has 0 fully saturated rings. The van der Waals surface area contributed by atoms with Crippen LogP contribution in [0.3, 0.4) is 0 Å². The summed E-state index contributed by atoms with van der Waals surface area (Å²) in [5, 5.41) is 4.10. The molecule has 0 spiro atoms. The SMILES string of the molecule is COC(=O)C(C)C.Cc1cc(Cl)c(N=C2C(=Nc3c(Cl)cc(C)cc3Cl)c3cccc4cccc2c34)c(Cl)c1.[CH3-].[Ni]. The van der Waals surface area contributed by atoms with E-state index in [1.165, 1.54) is 7.11 Å². The molecule has 218 valence electrons. The number of methoxy groups -OCH3 is 1. The van der Waals surface area contributed by atoms with Gasteiger partial charge in [-0.2, -0.15) is 0 Å². The number of hydrogen-bond donors (Lipinski definition) is 0. The van der Waals surface area contributed by atoms with Crippen LogP contribution in [0, 0.1) is 27.2 Å². The number of ether oxygens (including phenoxy) is 1. The van der Waals surface area contributed by atoms with Crippen LogP contribution in [0.5, 0.6) is 0 Å². The van der Waals surface area contributed by atoms with Crippen molar-refractivity contribution in [1.29, 1.82) is 0 Å². The van der Waals surface area contributed by atoms with E-state index < -0.39 is 0 Å². The minimum absolute atomic E-state index is 0. The van der Waals surface area contributed by atoms with E-state index >= 15 is 0 Å². The zero-order valence-electron chi connectivity index (χ0n) is 23.4. The quantitative estimate of drug-likeness (QED) is 0.123. The van der Waals surface area contributed by atoms with Crippen molar-refractivity contribution in [3.63, 3.8) is 0 Å². The van der Waals surface area contributed by atoms with Gasteiger partial charge >= 0.3 is 5.97 Å². The second-order valence-electron chi connectivity index (χ2n) is 9.46. The number of aliphatic imine (C=N–C) groups is 2. The van der Waals surface area contributed by atoms with Gasteiger partial charge in [0, 0.05) is 33.0 Å². The summed E-state index contributed by atoms with van der Waals surface area (Å²) in [5.41, 5.74) is 6.22. The predicted octanol–water partition coefficient (Wildman–Crippen LogP) is 10.6. The second-order valence-corrected chi connectivity index (χ2v) is 11.1. The Morgan fingerprint density at radius 3 is 1.39 bits per heavy atom. The standard InChI is InChI=1S/C26H16Cl4N2.C5H10O2.CH3.Ni/c1-13-9-18(27)25(19(28)10-13)31-23-16-7-3-5-15-6-4-8-17(22(15)16)24(23)32-26-20(29)11-14(2)12-21(26)30;1-4(2)5(6)7-3;;/h3-12H,1-2H3;4H,1-3H3;1H3;/q;;-1;. The number of rotatable bonds is 3. The first kappa shape index (κ1) is 34.8. The van der Waals surface area contributed by atoms with Crippen LogP contribution < -0.4 is 0 Å².